The highest BCUT2D eigenvalue weighted by atomic mass is 16.2. The van der Waals surface area contributed by atoms with Crippen molar-refractivity contribution in [1.29, 1.82) is 0 Å². The molecule has 2 amide bonds. The van der Waals surface area contributed by atoms with Crippen LogP contribution in [0.1, 0.15) is 31.8 Å². The Labute approximate surface area is 184 Å². The minimum Gasteiger partial charge on any atom is -0.288 e. The number of amides is 2. The maximum atomic E-state index is 12.4. The van der Waals surface area contributed by atoms with Crippen LogP contribution in [0, 0.1) is 0 Å². The van der Waals surface area contributed by atoms with Crippen LogP contribution in [0.5, 0.6) is 0 Å². The molecule has 0 aromatic heterocycles. The fourth-order valence-corrected chi connectivity index (χ4v) is 5.16. The molecule has 3 heteroatoms. The van der Waals surface area contributed by atoms with Gasteiger partial charge in [-0.15, -0.1) is 0 Å². The zero-order valence-corrected chi connectivity index (χ0v) is 17.1. The Kier molecular flexibility index (Phi) is 3.35. The maximum Gasteiger partial charge on any atom is 0.258 e. The molecule has 1 heterocycles. The van der Waals surface area contributed by atoms with Gasteiger partial charge in [-0.2, -0.15) is 0 Å². The summed E-state index contributed by atoms with van der Waals surface area (Å²) in [6.07, 6.45) is 1.01. The molecule has 5 aromatic carbocycles. The lowest BCUT2D eigenvalue weighted by atomic mass is 9.86. The van der Waals surface area contributed by atoms with Crippen LogP contribution in [0.3, 0.4) is 0 Å². The van der Waals surface area contributed by atoms with E-state index >= 15 is 0 Å². The van der Waals surface area contributed by atoms with Gasteiger partial charge in [0.05, 0.1) is 11.1 Å². The second-order valence-corrected chi connectivity index (χ2v) is 8.54. The summed E-state index contributed by atoms with van der Waals surface area (Å²) in [5.41, 5.74) is 8.18. The van der Waals surface area contributed by atoms with Crippen molar-refractivity contribution in [3.63, 3.8) is 0 Å². The van der Waals surface area contributed by atoms with E-state index in [0.29, 0.717) is 11.1 Å². The zero-order valence-electron chi connectivity index (χ0n) is 17.1. The summed E-state index contributed by atoms with van der Waals surface area (Å²) in [4.78, 5) is 24.5. The first-order chi connectivity index (χ1) is 15.7. The second kappa shape index (κ2) is 6.14. The Bertz CT molecular complexity index is 1660. The molecular formula is C29H17NO2. The van der Waals surface area contributed by atoms with Crippen molar-refractivity contribution in [2.24, 2.45) is 0 Å². The Morgan fingerprint density at radius 2 is 1.28 bits per heavy atom. The molecule has 0 saturated carbocycles. The van der Waals surface area contributed by atoms with Crippen molar-refractivity contribution in [3.05, 3.63) is 107 Å². The highest BCUT2D eigenvalue weighted by Gasteiger charge is 2.29. The van der Waals surface area contributed by atoms with E-state index in [0.717, 1.165) is 28.3 Å². The van der Waals surface area contributed by atoms with E-state index in [1.807, 2.05) is 24.3 Å². The van der Waals surface area contributed by atoms with Crippen LogP contribution in [0.4, 0.5) is 0 Å². The van der Waals surface area contributed by atoms with Crippen LogP contribution in [0.2, 0.25) is 0 Å². The number of rotatable bonds is 2. The normalized spacial score (nSPS) is 13.9. The number of fused-ring (bicyclic) bond motifs is 4. The predicted octanol–water partition coefficient (Wildman–Crippen LogP) is 6.11. The first kappa shape index (κ1) is 17.4. The molecule has 3 nitrogen and oxygen atoms in total. The number of imide groups is 1. The van der Waals surface area contributed by atoms with Gasteiger partial charge in [0.15, 0.2) is 0 Å². The van der Waals surface area contributed by atoms with Crippen LogP contribution < -0.4 is 5.32 Å². The Morgan fingerprint density at radius 3 is 2.12 bits per heavy atom. The van der Waals surface area contributed by atoms with Gasteiger partial charge in [0, 0.05) is 0 Å². The van der Waals surface area contributed by atoms with Gasteiger partial charge in [0.1, 0.15) is 0 Å². The fraction of sp³-hybridized carbons (Fsp3) is 0.0345. The molecular weight excluding hydrogens is 394 g/mol. The Hall–Kier alpha value is -4.24. The van der Waals surface area contributed by atoms with E-state index in [1.165, 1.54) is 33.0 Å². The quantitative estimate of drug-likeness (QED) is 0.349. The molecule has 0 radical (unpaired) electrons. The van der Waals surface area contributed by atoms with Gasteiger partial charge in [-0.3, -0.25) is 14.9 Å². The summed E-state index contributed by atoms with van der Waals surface area (Å²) in [5, 5.41) is 7.18. The summed E-state index contributed by atoms with van der Waals surface area (Å²) in [6.45, 7) is 0. The minimum absolute atomic E-state index is 0.325. The first-order valence-corrected chi connectivity index (χ1v) is 10.7. The third kappa shape index (κ3) is 2.36. The Morgan fingerprint density at radius 1 is 0.594 bits per heavy atom. The third-order valence-electron chi connectivity index (χ3n) is 6.71. The van der Waals surface area contributed by atoms with Crippen molar-refractivity contribution in [2.75, 3.05) is 0 Å². The largest absolute Gasteiger partial charge is 0.288 e. The van der Waals surface area contributed by atoms with E-state index in [1.54, 1.807) is 6.07 Å². The van der Waals surface area contributed by atoms with Crippen LogP contribution in [0.25, 0.3) is 43.8 Å². The van der Waals surface area contributed by atoms with Crippen molar-refractivity contribution in [3.8, 4) is 22.3 Å². The van der Waals surface area contributed by atoms with Crippen LogP contribution in [-0.2, 0) is 6.42 Å². The number of carbonyl (C=O) groups is 2. The highest BCUT2D eigenvalue weighted by molar-refractivity contribution is 6.22. The summed E-state index contributed by atoms with van der Waals surface area (Å²) >= 11 is 0. The molecule has 1 N–H and O–H groups in total. The van der Waals surface area contributed by atoms with Gasteiger partial charge in [0.2, 0.25) is 0 Å². The molecule has 1 aliphatic heterocycles. The average molecular weight is 411 g/mol. The summed E-state index contributed by atoms with van der Waals surface area (Å²) in [5.74, 6) is -0.653. The third-order valence-corrected chi connectivity index (χ3v) is 6.71. The van der Waals surface area contributed by atoms with E-state index in [9.17, 15) is 9.59 Å². The molecule has 0 bridgehead atoms. The molecule has 5 aromatic rings. The zero-order chi connectivity index (χ0) is 21.4. The molecule has 0 unspecified atom stereocenters. The van der Waals surface area contributed by atoms with Gasteiger partial charge in [-0.25, -0.2) is 0 Å². The standard InChI is InChI=1S/C29H17NO2/c31-28-22-11-10-18(14-25(22)29(32)30-28)26-20-7-3-1-5-16(20)9-12-23(26)27-21-8-4-2-6-17(21)13-19-15-24(19)27/h1-14H,15H2,(H,30,31,32). The topological polar surface area (TPSA) is 46.2 Å². The lowest BCUT2D eigenvalue weighted by molar-refractivity contribution is 0.0879. The molecule has 0 spiro atoms. The van der Waals surface area contributed by atoms with Crippen LogP contribution in [0.15, 0.2) is 84.9 Å². The highest BCUT2D eigenvalue weighted by Crippen LogP contribution is 2.48. The lowest BCUT2D eigenvalue weighted by Gasteiger charge is -2.16. The Balaban J connectivity index is 1.59. The molecule has 2 aliphatic rings. The van der Waals surface area contributed by atoms with Gasteiger partial charge >= 0.3 is 0 Å². The van der Waals surface area contributed by atoms with Gasteiger partial charge < -0.3 is 0 Å². The van der Waals surface area contributed by atoms with Crippen LogP contribution in [-0.4, -0.2) is 11.8 Å². The summed E-state index contributed by atoms with van der Waals surface area (Å²) < 4.78 is 0. The van der Waals surface area contributed by atoms with Gasteiger partial charge in [-0.1, -0.05) is 72.8 Å². The molecule has 150 valence electrons. The monoisotopic (exact) mass is 411 g/mol. The first-order valence-electron chi connectivity index (χ1n) is 10.7. The number of carbonyl (C=O) groups excluding carboxylic acids is 2. The fourth-order valence-electron chi connectivity index (χ4n) is 5.16. The van der Waals surface area contributed by atoms with E-state index in [4.69, 9.17) is 0 Å². The smallest absolute Gasteiger partial charge is 0.258 e. The lowest BCUT2D eigenvalue weighted by Crippen LogP contribution is -2.19. The maximum absolute atomic E-state index is 12.4. The van der Waals surface area contributed by atoms with E-state index in [2.05, 4.69) is 59.9 Å². The molecule has 32 heavy (non-hydrogen) atoms. The average Bonchev–Trinajstić information content (AvgIpc) is 3.54. The van der Waals surface area contributed by atoms with Crippen molar-refractivity contribution >= 4 is 33.4 Å². The van der Waals surface area contributed by atoms with Crippen molar-refractivity contribution in [2.45, 2.75) is 6.42 Å². The van der Waals surface area contributed by atoms with E-state index in [-0.39, 0.29) is 11.8 Å². The summed E-state index contributed by atoms with van der Waals surface area (Å²) in [6, 6.07) is 29.1. The minimum atomic E-state index is -0.328. The molecule has 0 saturated heterocycles. The number of hydrogen-bond donors (Lipinski definition) is 1. The van der Waals surface area contributed by atoms with Gasteiger partial charge in [-0.05, 0) is 73.5 Å². The SMILES string of the molecule is O=C1NC(=O)c2cc(-c3c(-c4c5c(cc6ccccc46)C5)ccc4ccccc34)ccc21. The van der Waals surface area contributed by atoms with E-state index < -0.39 is 0 Å². The molecule has 1 aliphatic carbocycles. The predicted molar refractivity (Wildman–Crippen MR) is 127 cm³/mol. The number of benzene rings is 5. The molecule has 7 rings (SSSR count). The summed E-state index contributed by atoms with van der Waals surface area (Å²) in [7, 11) is 0. The van der Waals surface area contributed by atoms with Gasteiger partial charge in [0.25, 0.3) is 11.8 Å². The number of nitrogens with one attached hydrogen (secondary N) is 1. The molecule has 0 atom stereocenters. The second-order valence-electron chi connectivity index (χ2n) is 8.54. The number of hydrogen-bond acceptors (Lipinski definition) is 2. The van der Waals surface area contributed by atoms with Crippen molar-refractivity contribution in [1.82, 2.24) is 5.32 Å². The van der Waals surface area contributed by atoms with Crippen LogP contribution >= 0.6 is 0 Å². The van der Waals surface area contributed by atoms with Crippen molar-refractivity contribution < 1.29 is 9.59 Å². The molecule has 0 fully saturated rings.